The number of nitrogens with zero attached hydrogens (tertiary/aromatic N) is 1. The molecule has 24 heavy (non-hydrogen) atoms. The molecule has 0 bridgehead atoms. The number of phenolic OH excluding ortho intramolecular Hbond substituents is 1. The van der Waals surface area contributed by atoms with E-state index >= 15 is 0 Å². The molecular weight excluding hydrogens is 376 g/mol. The zero-order valence-corrected chi connectivity index (χ0v) is 16.0. The van der Waals surface area contributed by atoms with E-state index in [1.807, 2.05) is 18.6 Å². The van der Waals surface area contributed by atoms with Crippen molar-refractivity contribution >= 4 is 38.6 Å². The van der Waals surface area contributed by atoms with Crippen LogP contribution in [0.5, 0.6) is 5.75 Å². The molecule has 7 nitrogen and oxygen atoms in total. The highest BCUT2D eigenvalue weighted by Gasteiger charge is 2.28. The van der Waals surface area contributed by atoms with Gasteiger partial charge in [0.1, 0.15) is 4.90 Å². The Morgan fingerprint density at radius 2 is 1.79 bits per heavy atom. The molecule has 2 N–H and O–H groups in total. The summed E-state index contributed by atoms with van der Waals surface area (Å²) < 4.78 is 50.6. The van der Waals surface area contributed by atoms with Crippen molar-refractivity contribution in [2.45, 2.75) is 44.4 Å². The van der Waals surface area contributed by atoms with Crippen molar-refractivity contribution in [3.8, 4) is 5.75 Å². The summed E-state index contributed by atoms with van der Waals surface area (Å²) >= 11 is 3.21. The lowest BCUT2D eigenvalue weighted by atomic mass is 10.3. The molecule has 1 rings (SSSR count). The minimum atomic E-state index is -4.00. The second kappa shape index (κ2) is 9.57. The van der Waals surface area contributed by atoms with Gasteiger partial charge < -0.3 is 14.4 Å². The van der Waals surface area contributed by atoms with Crippen LogP contribution in [0.1, 0.15) is 39.5 Å². The Morgan fingerprint density at radius 3 is 2.25 bits per heavy atom. The monoisotopic (exact) mass is 397 g/mol. The number of aromatic hydroxyl groups is 1. The van der Waals surface area contributed by atoms with Gasteiger partial charge in [0.2, 0.25) is 10.0 Å². The quantitative estimate of drug-likeness (QED) is 0.466. The highest BCUT2D eigenvalue weighted by Crippen LogP contribution is 2.36. The van der Waals surface area contributed by atoms with Crippen LogP contribution in [0, 0.1) is 0 Å². The van der Waals surface area contributed by atoms with E-state index in [0.717, 1.165) is 25.0 Å². The Morgan fingerprint density at radius 1 is 1.25 bits per heavy atom. The van der Waals surface area contributed by atoms with Crippen LogP contribution in [0.4, 0.5) is 5.69 Å². The fourth-order valence-corrected chi connectivity index (χ4v) is 4.32. The molecule has 0 radical (unpaired) electrons. The van der Waals surface area contributed by atoms with Crippen molar-refractivity contribution in [3.05, 3.63) is 17.2 Å². The second-order valence-corrected chi connectivity index (χ2v) is 8.24. The highest BCUT2D eigenvalue weighted by atomic mass is 35.5. The van der Waals surface area contributed by atoms with E-state index < -0.39 is 31.9 Å². The SMILES string of the molecule is CCCCN(CCCC)S(=O)(=O)c1cc(NS(=O)[O-])cc(Cl)c1O. The molecule has 138 valence electrons. The van der Waals surface area contributed by atoms with Gasteiger partial charge >= 0.3 is 0 Å². The van der Waals surface area contributed by atoms with Crippen LogP contribution < -0.4 is 4.72 Å². The fraction of sp³-hybridized carbons (Fsp3) is 0.571. The summed E-state index contributed by atoms with van der Waals surface area (Å²) in [6.07, 6.45) is 3.00. The van der Waals surface area contributed by atoms with Gasteiger partial charge in [0.05, 0.1) is 5.02 Å². The number of unbranched alkanes of at least 4 members (excludes halogenated alkanes) is 2. The number of anilines is 1. The Balaban J connectivity index is 3.31. The van der Waals surface area contributed by atoms with Gasteiger partial charge in [0, 0.05) is 30.0 Å². The molecule has 0 heterocycles. The van der Waals surface area contributed by atoms with Gasteiger partial charge in [-0.15, -0.1) is 0 Å². The van der Waals surface area contributed by atoms with E-state index in [4.69, 9.17) is 11.6 Å². The molecule has 0 aromatic heterocycles. The molecule has 0 aliphatic carbocycles. The summed E-state index contributed by atoms with van der Waals surface area (Å²) in [7, 11) is -4.00. The van der Waals surface area contributed by atoms with Crippen molar-refractivity contribution in [1.82, 2.24) is 4.31 Å². The van der Waals surface area contributed by atoms with Crippen molar-refractivity contribution in [2.75, 3.05) is 17.8 Å². The number of rotatable bonds is 10. The molecule has 0 saturated carbocycles. The third-order valence-corrected chi connectivity index (χ3v) is 5.97. The molecular formula is C14H22ClN2O5S2-. The Kier molecular flexibility index (Phi) is 8.44. The number of halogens is 1. The lowest BCUT2D eigenvalue weighted by molar-refractivity contribution is 0.390. The average molecular weight is 398 g/mol. The summed E-state index contributed by atoms with van der Waals surface area (Å²) in [5.41, 5.74) is -0.0318. The van der Waals surface area contributed by atoms with Crippen LogP contribution in [-0.4, -0.2) is 39.7 Å². The molecule has 10 heteroatoms. The van der Waals surface area contributed by atoms with Gasteiger partial charge in [-0.05, 0) is 25.0 Å². The van der Waals surface area contributed by atoms with Crippen molar-refractivity contribution in [3.63, 3.8) is 0 Å². The van der Waals surface area contributed by atoms with Crippen LogP contribution in [0.3, 0.4) is 0 Å². The largest absolute Gasteiger partial charge is 0.755 e. The molecule has 0 saturated heterocycles. The van der Waals surface area contributed by atoms with Gasteiger partial charge in [-0.1, -0.05) is 38.3 Å². The Bertz CT molecular complexity index is 674. The predicted octanol–water partition coefficient (Wildman–Crippen LogP) is 2.84. The van der Waals surface area contributed by atoms with Crippen LogP contribution in [0.2, 0.25) is 5.02 Å². The molecule has 0 aliphatic heterocycles. The van der Waals surface area contributed by atoms with Gasteiger partial charge in [0.25, 0.3) is 0 Å². The summed E-state index contributed by atoms with van der Waals surface area (Å²) in [6, 6.07) is 2.21. The first-order valence-corrected chi connectivity index (χ1v) is 10.5. The first-order valence-electron chi connectivity index (χ1n) is 7.62. The highest BCUT2D eigenvalue weighted by molar-refractivity contribution is 7.89. The molecule has 0 amide bonds. The van der Waals surface area contributed by atoms with E-state index in [-0.39, 0.29) is 10.7 Å². The van der Waals surface area contributed by atoms with Crippen molar-refractivity contribution in [2.24, 2.45) is 0 Å². The summed E-state index contributed by atoms with van der Waals surface area (Å²) in [5.74, 6) is -0.586. The number of nitrogens with one attached hydrogen (secondary N) is 1. The zero-order chi connectivity index (χ0) is 18.3. The number of hydrogen-bond acceptors (Lipinski definition) is 5. The standard InChI is InChI=1S/C14H23ClN2O5S2/c1-3-5-7-17(8-6-4-2)24(21,22)13-10-11(16-23(19)20)9-12(15)14(13)18/h9-10,16,18H,3-8H2,1-2H3,(H,19,20)/p-1. The average Bonchev–Trinajstić information content (AvgIpc) is 2.49. The van der Waals surface area contributed by atoms with Crippen LogP contribution in [0.15, 0.2) is 17.0 Å². The van der Waals surface area contributed by atoms with E-state index in [9.17, 15) is 22.3 Å². The normalized spacial score (nSPS) is 13.2. The fourth-order valence-electron chi connectivity index (χ4n) is 2.09. The summed E-state index contributed by atoms with van der Waals surface area (Å²) in [4.78, 5) is -0.407. The van der Waals surface area contributed by atoms with Gasteiger partial charge in [-0.25, -0.2) is 8.42 Å². The molecule has 1 atom stereocenters. The number of sulfonamides is 1. The zero-order valence-electron chi connectivity index (χ0n) is 13.6. The molecule has 0 aliphatic rings. The maximum absolute atomic E-state index is 12.9. The Hall–Kier alpha value is -0.870. The topological polar surface area (TPSA) is 110 Å². The maximum atomic E-state index is 12.9. The smallest absolute Gasteiger partial charge is 0.246 e. The Labute approximate surface area is 150 Å². The molecule has 0 spiro atoms. The maximum Gasteiger partial charge on any atom is 0.246 e. The van der Waals surface area contributed by atoms with E-state index in [2.05, 4.69) is 0 Å². The van der Waals surface area contributed by atoms with Gasteiger partial charge in [0.15, 0.2) is 5.75 Å². The van der Waals surface area contributed by atoms with E-state index in [1.54, 1.807) is 0 Å². The minimum Gasteiger partial charge on any atom is -0.755 e. The number of hydrogen-bond donors (Lipinski definition) is 2. The third kappa shape index (κ3) is 5.59. The van der Waals surface area contributed by atoms with E-state index in [1.165, 1.54) is 4.31 Å². The van der Waals surface area contributed by atoms with E-state index in [0.29, 0.717) is 25.9 Å². The minimum absolute atomic E-state index is 0.0318. The molecule has 0 fully saturated rings. The molecule has 1 aromatic carbocycles. The lowest BCUT2D eigenvalue weighted by Crippen LogP contribution is -2.33. The third-order valence-electron chi connectivity index (χ3n) is 3.37. The second-order valence-electron chi connectivity index (χ2n) is 5.25. The number of benzene rings is 1. The first kappa shape index (κ1) is 21.2. The lowest BCUT2D eigenvalue weighted by Gasteiger charge is -2.23. The molecule has 1 aromatic rings. The van der Waals surface area contributed by atoms with Gasteiger partial charge in [-0.2, -0.15) is 4.31 Å². The van der Waals surface area contributed by atoms with Gasteiger partial charge in [-0.3, -0.25) is 4.21 Å². The van der Waals surface area contributed by atoms with Crippen molar-refractivity contribution < 1.29 is 22.3 Å². The van der Waals surface area contributed by atoms with Crippen LogP contribution in [-0.2, 0) is 21.3 Å². The number of phenols is 1. The predicted molar refractivity (Wildman–Crippen MR) is 94.2 cm³/mol. The summed E-state index contributed by atoms with van der Waals surface area (Å²) in [5, 5.41) is 9.83. The first-order chi connectivity index (χ1) is 11.2. The van der Waals surface area contributed by atoms with Crippen LogP contribution in [0.25, 0.3) is 0 Å². The van der Waals surface area contributed by atoms with Crippen LogP contribution >= 0.6 is 11.6 Å². The molecule has 1 unspecified atom stereocenters. The van der Waals surface area contributed by atoms with Crippen molar-refractivity contribution in [1.29, 1.82) is 0 Å². The summed E-state index contributed by atoms with van der Waals surface area (Å²) in [6.45, 7) is 4.54.